The molecule has 2 aromatic rings. The summed E-state index contributed by atoms with van der Waals surface area (Å²) in [5.41, 5.74) is 3.41. The Bertz CT molecular complexity index is 888. The van der Waals surface area contributed by atoms with Crippen LogP contribution in [0.3, 0.4) is 0 Å². The molecule has 154 valence electrons. The van der Waals surface area contributed by atoms with E-state index in [1.54, 1.807) is 28.8 Å². The molecule has 0 spiro atoms. The van der Waals surface area contributed by atoms with E-state index in [1.165, 1.54) is 12.8 Å². The Morgan fingerprint density at radius 2 is 2.14 bits per heavy atom. The van der Waals surface area contributed by atoms with Gasteiger partial charge in [0, 0.05) is 32.0 Å². The number of carbonyl (C=O) groups excluding carboxylic acids is 1. The summed E-state index contributed by atoms with van der Waals surface area (Å²) in [7, 11) is 2.15. The van der Waals surface area contributed by atoms with E-state index in [0.717, 1.165) is 30.5 Å². The van der Waals surface area contributed by atoms with Gasteiger partial charge in [0.05, 0.1) is 12.7 Å². The number of rotatable bonds is 8. The molecule has 7 nitrogen and oxygen atoms in total. The maximum atomic E-state index is 12.3. The Kier molecular flexibility index (Phi) is 5.50. The number of hydrogen-bond acceptors (Lipinski definition) is 5. The standard InChI is InChI=1S/C22H30N6O/c1-22(2)18-5-4-17(19(22)12-18)14-27(3)10-11-28-15-20(25-26-28)21(29)24-13-16-6-8-23-9-7-16/h4,6-9,15,18-19H,5,10-14H2,1-3H3,(H,24,29)/t18-,19-/m0/s1. The van der Waals surface area contributed by atoms with Crippen molar-refractivity contribution in [3.05, 3.63) is 53.6 Å². The maximum Gasteiger partial charge on any atom is 0.273 e. The Morgan fingerprint density at radius 3 is 2.86 bits per heavy atom. The summed E-state index contributed by atoms with van der Waals surface area (Å²) in [6.45, 7) is 7.87. The molecule has 1 saturated carbocycles. The summed E-state index contributed by atoms with van der Waals surface area (Å²) >= 11 is 0. The fourth-order valence-corrected chi connectivity index (χ4v) is 4.61. The molecule has 2 aromatic heterocycles. The van der Waals surface area contributed by atoms with E-state index in [0.29, 0.717) is 24.2 Å². The van der Waals surface area contributed by atoms with Crippen molar-refractivity contribution in [3.8, 4) is 0 Å². The number of aromatic nitrogens is 4. The van der Waals surface area contributed by atoms with Crippen LogP contribution in [0.15, 0.2) is 42.4 Å². The molecule has 2 heterocycles. The van der Waals surface area contributed by atoms with Crippen molar-refractivity contribution in [1.82, 2.24) is 30.2 Å². The van der Waals surface area contributed by atoms with Crippen molar-refractivity contribution in [2.24, 2.45) is 17.3 Å². The first kappa shape index (κ1) is 19.8. The number of amides is 1. The molecule has 0 unspecified atom stereocenters. The Morgan fingerprint density at radius 1 is 1.34 bits per heavy atom. The highest BCUT2D eigenvalue weighted by atomic mass is 16.2. The molecule has 2 atom stereocenters. The van der Waals surface area contributed by atoms with Crippen LogP contribution in [0.4, 0.5) is 0 Å². The summed E-state index contributed by atoms with van der Waals surface area (Å²) in [5.74, 6) is 1.40. The van der Waals surface area contributed by atoms with E-state index in [9.17, 15) is 4.79 Å². The lowest BCUT2D eigenvalue weighted by Crippen LogP contribution is -2.49. The number of allylic oxidation sites excluding steroid dienone is 1. The van der Waals surface area contributed by atoms with Crippen LogP contribution >= 0.6 is 0 Å². The van der Waals surface area contributed by atoms with E-state index in [-0.39, 0.29) is 5.91 Å². The molecule has 0 aromatic carbocycles. The zero-order chi connectivity index (χ0) is 20.4. The third-order valence-electron chi connectivity index (χ3n) is 6.72. The van der Waals surface area contributed by atoms with E-state index in [2.05, 4.69) is 52.5 Å². The van der Waals surface area contributed by atoms with Gasteiger partial charge in [-0.3, -0.25) is 14.5 Å². The van der Waals surface area contributed by atoms with Crippen molar-refractivity contribution < 1.29 is 4.79 Å². The van der Waals surface area contributed by atoms with Gasteiger partial charge in [-0.1, -0.05) is 30.7 Å². The van der Waals surface area contributed by atoms with Gasteiger partial charge in [-0.15, -0.1) is 5.10 Å². The van der Waals surface area contributed by atoms with Crippen molar-refractivity contribution in [2.75, 3.05) is 20.1 Å². The molecule has 1 fully saturated rings. The van der Waals surface area contributed by atoms with Gasteiger partial charge in [0.1, 0.15) is 0 Å². The summed E-state index contributed by atoms with van der Waals surface area (Å²) < 4.78 is 1.75. The highest BCUT2D eigenvalue weighted by molar-refractivity contribution is 5.91. The quantitative estimate of drug-likeness (QED) is 0.697. The van der Waals surface area contributed by atoms with Crippen LogP contribution in [0.1, 0.15) is 42.7 Å². The highest BCUT2D eigenvalue weighted by Gasteiger charge is 2.50. The summed E-state index contributed by atoms with van der Waals surface area (Å²) in [4.78, 5) is 18.6. The van der Waals surface area contributed by atoms with Gasteiger partial charge in [0.25, 0.3) is 5.91 Å². The molecule has 0 aliphatic heterocycles. The first-order valence-electron chi connectivity index (χ1n) is 10.4. The van der Waals surface area contributed by atoms with Gasteiger partial charge >= 0.3 is 0 Å². The number of carbonyl (C=O) groups is 1. The Balaban J connectivity index is 1.24. The normalized spacial score (nSPS) is 22.1. The molecule has 7 heteroatoms. The first-order valence-corrected chi connectivity index (χ1v) is 10.4. The largest absolute Gasteiger partial charge is 0.347 e. The molecule has 3 aliphatic carbocycles. The number of likely N-dealkylation sites (N-methyl/N-ethyl adjacent to an activating group) is 1. The molecule has 1 amide bonds. The minimum Gasteiger partial charge on any atom is -0.347 e. The van der Waals surface area contributed by atoms with Crippen molar-refractivity contribution in [1.29, 1.82) is 0 Å². The smallest absolute Gasteiger partial charge is 0.273 e. The van der Waals surface area contributed by atoms with Crippen molar-refractivity contribution in [2.45, 2.75) is 39.8 Å². The predicted molar refractivity (Wildman–Crippen MR) is 111 cm³/mol. The minimum absolute atomic E-state index is 0.212. The predicted octanol–water partition coefficient (Wildman–Crippen LogP) is 2.53. The third-order valence-corrected chi connectivity index (χ3v) is 6.72. The lowest BCUT2D eigenvalue weighted by molar-refractivity contribution is -0.0100. The molecule has 2 bridgehead atoms. The van der Waals surface area contributed by atoms with Crippen LogP contribution < -0.4 is 5.32 Å². The monoisotopic (exact) mass is 394 g/mol. The molecule has 0 saturated heterocycles. The number of fused-ring (bicyclic) bond motifs is 1. The van der Waals surface area contributed by atoms with Gasteiger partial charge in [-0.25, -0.2) is 0 Å². The maximum absolute atomic E-state index is 12.3. The average molecular weight is 395 g/mol. The van der Waals surface area contributed by atoms with Crippen LogP contribution in [0.25, 0.3) is 0 Å². The SMILES string of the molecule is CN(CCn1cc(C(=O)NCc2ccncc2)nn1)CC1=CC[C@H]2C[C@@H]1C2(C)C. The first-order chi connectivity index (χ1) is 13.9. The van der Waals surface area contributed by atoms with Crippen LogP contribution in [0.2, 0.25) is 0 Å². The Labute approximate surface area is 172 Å². The lowest BCUT2D eigenvalue weighted by atomic mass is 9.49. The topological polar surface area (TPSA) is 75.9 Å². The van der Waals surface area contributed by atoms with Crippen LogP contribution in [0, 0.1) is 17.3 Å². The molecule has 5 rings (SSSR count). The molecule has 29 heavy (non-hydrogen) atoms. The summed E-state index contributed by atoms with van der Waals surface area (Å²) in [5, 5.41) is 11.0. The Hall–Kier alpha value is -2.54. The highest BCUT2D eigenvalue weighted by Crippen LogP contribution is 2.59. The fourth-order valence-electron chi connectivity index (χ4n) is 4.61. The lowest BCUT2D eigenvalue weighted by Gasteiger charge is -2.57. The second kappa shape index (κ2) is 8.06. The fraction of sp³-hybridized carbons (Fsp3) is 0.545. The second-order valence-electron chi connectivity index (χ2n) is 8.96. The van der Waals surface area contributed by atoms with Crippen molar-refractivity contribution in [3.63, 3.8) is 0 Å². The van der Waals surface area contributed by atoms with E-state index >= 15 is 0 Å². The molecular weight excluding hydrogens is 364 g/mol. The van der Waals surface area contributed by atoms with Gasteiger partial charge < -0.3 is 10.2 Å². The average Bonchev–Trinajstić information content (AvgIpc) is 3.20. The third kappa shape index (κ3) is 4.24. The van der Waals surface area contributed by atoms with E-state index in [1.807, 2.05) is 12.1 Å². The molecule has 1 N–H and O–H groups in total. The van der Waals surface area contributed by atoms with Crippen LogP contribution in [0.5, 0.6) is 0 Å². The number of nitrogens with zero attached hydrogens (tertiary/aromatic N) is 5. The van der Waals surface area contributed by atoms with Gasteiger partial charge in [-0.2, -0.15) is 0 Å². The van der Waals surface area contributed by atoms with E-state index in [4.69, 9.17) is 0 Å². The van der Waals surface area contributed by atoms with Crippen LogP contribution in [-0.4, -0.2) is 50.9 Å². The van der Waals surface area contributed by atoms with Crippen LogP contribution in [-0.2, 0) is 13.1 Å². The second-order valence-corrected chi connectivity index (χ2v) is 8.96. The van der Waals surface area contributed by atoms with Gasteiger partial charge in [0.2, 0.25) is 0 Å². The zero-order valence-electron chi connectivity index (χ0n) is 17.5. The van der Waals surface area contributed by atoms with Gasteiger partial charge in [-0.05, 0) is 54.8 Å². The van der Waals surface area contributed by atoms with Crippen molar-refractivity contribution >= 4 is 5.91 Å². The molecule has 3 aliphatic rings. The summed E-state index contributed by atoms with van der Waals surface area (Å²) in [6, 6.07) is 3.75. The minimum atomic E-state index is -0.212. The number of pyridine rings is 1. The summed E-state index contributed by atoms with van der Waals surface area (Å²) in [6.07, 6.45) is 10.2. The van der Waals surface area contributed by atoms with Gasteiger partial charge in [0.15, 0.2) is 5.69 Å². The van der Waals surface area contributed by atoms with E-state index < -0.39 is 0 Å². The zero-order valence-corrected chi connectivity index (χ0v) is 17.5. The molecule has 0 radical (unpaired) electrons. The number of nitrogens with one attached hydrogen (secondary N) is 1. The number of hydrogen-bond donors (Lipinski definition) is 1. The molecular formula is C22H30N6O.